The van der Waals surface area contributed by atoms with E-state index in [9.17, 15) is 4.79 Å². The molecular formula is C9H11BrO3. The van der Waals surface area contributed by atoms with Gasteiger partial charge < -0.3 is 9.52 Å². The van der Waals surface area contributed by atoms with Gasteiger partial charge in [-0.2, -0.15) is 0 Å². The van der Waals surface area contributed by atoms with Gasteiger partial charge in [-0.1, -0.05) is 13.8 Å². The fraction of sp³-hybridized carbons (Fsp3) is 0.444. The second-order valence-corrected chi connectivity index (χ2v) is 4.34. The van der Waals surface area contributed by atoms with Crippen molar-refractivity contribution in [3.05, 3.63) is 22.6 Å². The van der Waals surface area contributed by atoms with Crippen molar-refractivity contribution >= 4 is 21.9 Å². The highest BCUT2D eigenvalue weighted by atomic mass is 79.9. The largest absolute Gasteiger partial charge is 0.481 e. The molecule has 1 aromatic rings. The monoisotopic (exact) mass is 246 g/mol. The molecule has 0 radical (unpaired) electrons. The van der Waals surface area contributed by atoms with Gasteiger partial charge in [-0.3, -0.25) is 4.79 Å². The average Bonchev–Trinajstić information content (AvgIpc) is 2.32. The number of carboxylic acid groups (broad SMARTS) is 1. The van der Waals surface area contributed by atoms with E-state index in [1.54, 1.807) is 12.1 Å². The van der Waals surface area contributed by atoms with Crippen molar-refractivity contribution in [2.45, 2.75) is 25.7 Å². The minimum Gasteiger partial charge on any atom is -0.481 e. The van der Waals surface area contributed by atoms with Crippen molar-refractivity contribution in [2.75, 3.05) is 0 Å². The molecule has 0 unspecified atom stereocenters. The van der Waals surface area contributed by atoms with Gasteiger partial charge >= 0.3 is 5.97 Å². The van der Waals surface area contributed by atoms with E-state index in [1.165, 1.54) is 0 Å². The lowest BCUT2D eigenvalue weighted by molar-refractivity contribution is -0.138. The summed E-state index contributed by atoms with van der Waals surface area (Å²) in [7, 11) is 0. The standard InChI is InChI=1S/C9H11BrO3/c1-9(2,5-8(11)12)6-3-4-7(10)13-6/h3-4H,5H2,1-2H3,(H,11,12). The number of halogens is 1. The van der Waals surface area contributed by atoms with Crippen molar-refractivity contribution in [1.82, 2.24) is 0 Å². The summed E-state index contributed by atoms with van der Waals surface area (Å²) in [5.74, 6) is -0.140. The van der Waals surface area contributed by atoms with Gasteiger partial charge in [0, 0.05) is 5.41 Å². The Hall–Kier alpha value is -0.770. The highest BCUT2D eigenvalue weighted by Gasteiger charge is 2.27. The number of rotatable bonds is 3. The highest BCUT2D eigenvalue weighted by molar-refractivity contribution is 9.10. The SMILES string of the molecule is CC(C)(CC(=O)O)c1ccc(Br)o1. The molecule has 0 aliphatic heterocycles. The number of hydrogen-bond acceptors (Lipinski definition) is 2. The van der Waals surface area contributed by atoms with E-state index < -0.39 is 11.4 Å². The molecule has 0 spiro atoms. The number of aliphatic carboxylic acids is 1. The lowest BCUT2D eigenvalue weighted by Crippen LogP contribution is -2.20. The lowest BCUT2D eigenvalue weighted by Gasteiger charge is -2.18. The van der Waals surface area contributed by atoms with Crippen LogP contribution in [-0.2, 0) is 10.2 Å². The maximum absolute atomic E-state index is 10.5. The summed E-state index contributed by atoms with van der Waals surface area (Å²) in [4.78, 5) is 10.5. The minimum absolute atomic E-state index is 0.0625. The normalized spacial score (nSPS) is 11.6. The molecule has 1 aromatic heterocycles. The Balaban J connectivity index is 2.86. The molecule has 4 heteroatoms. The third kappa shape index (κ3) is 2.59. The Kier molecular flexibility index (Phi) is 2.81. The van der Waals surface area contributed by atoms with E-state index in [2.05, 4.69) is 15.9 Å². The highest BCUT2D eigenvalue weighted by Crippen LogP contribution is 2.30. The summed E-state index contributed by atoms with van der Waals surface area (Å²) >= 11 is 3.18. The van der Waals surface area contributed by atoms with Gasteiger partial charge in [-0.25, -0.2) is 0 Å². The summed E-state index contributed by atoms with van der Waals surface area (Å²) in [6, 6.07) is 3.55. The van der Waals surface area contributed by atoms with Gasteiger partial charge in [0.25, 0.3) is 0 Å². The maximum atomic E-state index is 10.5. The maximum Gasteiger partial charge on any atom is 0.304 e. The Bertz CT molecular complexity index is 314. The summed E-state index contributed by atoms with van der Waals surface area (Å²) in [5, 5.41) is 8.66. The van der Waals surface area contributed by atoms with Crippen LogP contribution in [0.25, 0.3) is 0 Å². The average molecular weight is 247 g/mol. The molecule has 0 aromatic carbocycles. The van der Waals surface area contributed by atoms with Crippen LogP contribution in [0, 0.1) is 0 Å². The van der Waals surface area contributed by atoms with Crippen LogP contribution in [0.4, 0.5) is 0 Å². The third-order valence-electron chi connectivity index (χ3n) is 1.83. The topological polar surface area (TPSA) is 50.4 Å². The lowest BCUT2D eigenvalue weighted by atomic mass is 9.87. The van der Waals surface area contributed by atoms with E-state index in [4.69, 9.17) is 9.52 Å². The predicted octanol–water partition coefficient (Wildman–Crippen LogP) is 2.79. The van der Waals surface area contributed by atoms with Crippen molar-refractivity contribution in [1.29, 1.82) is 0 Å². The van der Waals surface area contributed by atoms with Gasteiger partial charge in [0.1, 0.15) is 5.76 Å². The van der Waals surface area contributed by atoms with Crippen LogP contribution in [0.5, 0.6) is 0 Å². The molecule has 1 heterocycles. The fourth-order valence-electron chi connectivity index (χ4n) is 1.14. The van der Waals surface area contributed by atoms with Crippen LogP contribution < -0.4 is 0 Å². The molecule has 1 rings (SSSR count). The molecule has 0 aliphatic carbocycles. The number of carboxylic acids is 1. The van der Waals surface area contributed by atoms with E-state index in [0.29, 0.717) is 10.4 Å². The third-order valence-corrected chi connectivity index (χ3v) is 2.26. The molecule has 1 N–H and O–H groups in total. The Morgan fingerprint density at radius 2 is 2.23 bits per heavy atom. The zero-order chi connectivity index (χ0) is 10.1. The molecule has 0 fully saturated rings. The smallest absolute Gasteiger partial charge is 0.304 e. The summed E-state index contributed by atoms with van der Waals surface area (Å²) in [6.45, 7) is 3.68. The second-order valence-electron chi connectivity index (χ2n) is 3.56. The number of carbonyl (C=O) groups is 1. The Labute approximate surface area is 84.9 Å². The summed E-state index contributed by atoms with van der Waals surface area (Å²) in [5.41, 5.74) is -0.460. The van der Waals surface area contributed by atoms with Gasteiger partial charge in [-0.05, 0) is 28.1 Å². The van der Waals surface area contributed by atoms with Crippen molar-refractivity contribution in [2.24, 2.45) is 0 Å². The molecule has 0 saturated carbocycles. The first-order valence-electron chi connectivity index (χ1n) is 3.89. The summed E-state index contributed by atoms with van der Waals surface area (Å²) in [6.07, 6.45) is 0.0625. The first kappa shape index (κ1) is 10.3. The molecule has 0 atom stereocenters. The van der Waals surface area contributed by atoms with E-state index in [1.807, 2.05) is 13.8 Å². The Morgan fingerprint density at radius 3 is 2.62 bits per heavy atom. The molecule has 0 aliphatic rings. The van der Waals surface area contributed by atoms with Gasteiger partial charge in [0.15, 0.2) is 4.67 Å². The van der Waals surface area contributed by atoms with Gasteiger partial charge in [0.2, 0.25) is 0 Å². The van der Waals surface area contributed by atoms with Gasteiger partial charge in [-0.15, -0.1) is 0 Å². The number of hydrogen-bond donors (Lipinski definition) is 1. The second kappa shape index (κ2) is 3.54. The molecule has 0 amide bonds. The van der Waals surface area contributed by atoms with Gasteiger partial charge in [0.05, 0.1) is 6.42 Å². The number of furan rings is 1. The Morgan fingerprint density at radius 1 is 1.62 bits per heavy atom. The van der Waals surface area contributed by atoms with E-state index >= 15 is 0 Å². The van der Waals surface area contributed by atoms with Crippen LogP contribution >= 0.6 is 15.9 Å². The summed E-state index contributed by atoms with van der Waals surface area (Å²) < 4.78 is 5.93. The first-order chi connectivity index (χ1) is 5.92. The predicted molar refractivity (Wildman–Crippen MR) is 51.7 cm³/mol. The zero-order valence-electron chi connectivity index (χ0n) is 7.50. The molecule has 13 heavy (non-hydrogen) atoms. The van der Waals surface area contributed by atoms with Crippen LogP contribution in [0.2, 0.25) is 0 Å². The fourth-order valence-corrected chi connectivity index (χ4v) is 1.45. The quantitative estimate of drug-likeness (QED) is 0.893. The van der Waals surface area contributed by atoms with Crippen LogP contribution in [0.15, 0.2) is 21.2 Å². The molecule has 0 saturated heterocycles. The van der Waals surface area contributed by atoms with Crippen molar-refractivity contribution in [3.63, 3.8) is 0 Å². The zero-order valence-corrected chi connectivity index (χ0v) is 9.09. The van der Waals surface area contributed by atoms with Crippen LogP contribution in [0.3, 0.4) is 0 Å². The van der Waals surface area contributed by atoms with Crippen molar-refractivity contribution < 1.29 is 14.3 Å². The van der Waals surface area contributed by atoms with E-state index in [0.717, 1.165) is 0 Å². The molecule has 3 nitrogen and oxygen atoms in total. The van der Waals surface area contributed by atoms with Crippen LogP contribution in [0.1, 0.15) is 26.0 Å². The molecule has 0 bridgehead atoms. The van der Waals surface area contributed by atoms with E-state index in [-0.39, 0.29) is 6.42 Å². The van der Waals surface area contributed by atoms with Crippen molar-refractivity contribution in [3.8, 4) is 0 Å². The minimum atomic E-state index is -0.822. The molecule has 72 valence electrons. The first-order valence-corrected chi connectivity index (χ1v) is 4.69. The van der Waals surface area contributed by atoms with Crippen LogP contribution in [-0.4, -0.2) is 11.1 Å². The molecular weight excluding hydrogens is 236 g/mol.